The number of carboxylic acid groups (broad SMARTS) is 1. The van der Waals surface area contributed by atoms with E-state index in [1.54, 1.807) is 13.0 Å². The first-order valence-corrected chi connectivity index (χ1v) is 9.76. The third kappa shape index (κ3) is 18.2. The molecule has 0 fully saturated rings. The Kier molecular flexibility index (Phi) is 16.8. The number of esters is 1. The van der Waals surface area contributed by atoms with Gasteiger partial charge in [0.15, 0.2) is 0 Å². The summed E-state index contributed by atoms with van der Waals surface area (Å²) in [7, 11) is 0. The molecule has 0 rings (SSSR count). The summed E-state index contributed by atoms with van der Waals surface area (Å²) in [5.41, 5.74) is 0. The van der Waals surface area contributed by atoms with Crippen molar-refractivity contribution in [2.75, 3.05) is 0 Å². The van der Waals surface area contributed by atoms with Crippen LogP contribution in [0, 0.1) is 0 Å². The lowest BCUT2D eigenvalue weighted by molar-refractivity contribution is -0.152. The third-order valence-corrected chi connectivity index (χ3v) is 3.60. The first-order valence-electron chi connectivity index (χ1n) is 9.76. The highest BCUT2D eigenvalue weighted by atomic mass is 16.5. The van der Waals surface area contributed by atoms with E-state index in [-0.39, 0.29) is 18.8 Å². The zero-order chi connectivity index (χ0) is 20.2. The second-order valence-corrected chi connectivity index (χ2v) is 6.03. The van der Waals surface area contributed by atoms with E-state index >= 15 is 0 Å². The minimum absolute atomic E-state index is 0.145. The molecule has 0 aliphatic rings. The molecule has 1 unspecified atom stereocenters. The molecule has 150 valence electrons. The van der Waals surface area contributed by atoms with Gasteiger partial charge < -0.3 is 9.84 Å². The number of carboxylic acids is 1. The van der Waals surface area contributed by atoms with Crippen LogP contribution in [0.15, 0.2) is 60.8 Å². The van der Waals surface area contributed by atoms with Crippen molar-refractivity contribution >= 4 is 11.9 Å². The molecule has 0 spiro atoms. The molecule has 0 aliphatic heterocycles. The Labute approximate surface area is 164 Å². The quantitative estimate of drug-likeness (QED) is 0.285. The summed E-state index contributed by atoms with van der Waals surface area (Å²) >= 11 is 0. The van der Waals surface area contributed by atoms with Gasteiger partial charge in [-0.15, -0.1) is 0 Å². The van der Waals surface area contributed by atoms with Gasteiger partial charge in [0.25, 0.3) is 0 Å². The fraction of sp³-hybridized carbons (Fsp3) is 0.478. The van der Waals surface area contributed by atoms with Crippen LogP contribution in [0.4, 0.5) is 0 Å². The molecule has 0 aromatic heterocycles. The van der Waals surface area contributed by atoms with Crippen molar-refractivity contribution in [2.24, 2.45) is 0 Å². The van der Waals surface area contributed by atoms with Gasteiger partial charge in [0.05, 0.1) is 12.8 Å². The van der Waals surface area contributed by atoms with E-state index < -0.39 is 12.1 Å². The fourth-order valence-electron chi connectivity index (χ4n) is 2.13. The van der Waals surface area contributed by atoms with Crippen LogP contribution >= 0.6 is 0 Å². The van der Waals surface area contributed by atoms with Crippen molar-refractivity contribution in [3.63, 3.8) is 0 Å². The molecule has 4 heteroatoms. The highest BCUT2D eigenvalue weighted by molar-refractivity contribution is 5.72. The Morgan fingerprint density at radius 2 is 1.22 bits per heavy atom. The standard InChI is InChI=1S/C23H34O4/c1-3-5-6-7-8-9-10-11-12-13-14-15-16-17-18-19-23(26)27-21(4-2)20-22(24)25/h5-6,8-9,11-12,14-15,17-18,21H,3-4,7,10,13,16,19-20H2,1-2H3,(H,24,25)/b6-5-,9-8-,12-11-,15-14-,18-17-. The van der Waals surface area contributed by atoms with Crippen molar-refractivity contribution < 1.29 is 19.4 Å². The van der Waals surface area contributed by atoms with Crippen LogP contribution in [0.5, 0.6) is 0 Å². The van der Waals surface area contributed by atoms with Crippen LogP contribution < -0.4 is 0 Å². The second kappa shape index (κ2) is 18.4. The van der Waals surface area contributed by atoms with Gasteiger partial charge in [0.2, 0.25) is 0 Å². The third-order valence-electron chi connectivity index (χ3n) is 3.60. The smallest absolute Gasteiger partial charge is 0.309 e. The molecular weight excluding hydrogens is 340 g/mol. The van der Waals surface area contributed by atoms with Gasteiger partial charge in [-0.2, -0.15) is 0 Å². The van der Waals surface area contributed by atoms with Gasteiger partial charge in [-0.1, -0.05) is 74.6 Å². The Morgan fingerprint density at radius 1 is 0.778 bits per heavy atom. The van der Waals surface area contributed by atoms with Gasteiger partial charge in [0.1, 0.15) is 6.10 Å². The summed E-state index contributed by atoms with van der Waals surface area (Å²) in [6.45, 7) is 3.93. The largest absolute Gasteiger partial charge is 0.481 e. The number of ether oxygens (including phenoxy) is 1. The molecule has 0 aliphatic carbocycles. The van der Waals surface area contributed by atoms with Gasteiger partial charge in [-0.3, -0.25) is 9.59 Å². The molecule has 0 heterocycles. The van der Waals surface area contributed by atoms with E-state index in [1.165, 1.54) is 0 Å². The van der Waals surface area contributed by atoms with Gasteiger partial charge >= 0.3 is 11.9 Å². The highest BCUT2D eigenvalue weighted by Gasteiger charge is 2.14. The Bertz CT molecular complexity index is 539. The molecule has 0 saturated heterocycles. The van der Waals surface area contributed by atoms with Crippen LogP contribution in [0.2, 0.25) is 0 Å². The summed E-state index contributed by atoms with van der Waals surface area (Å²) in [6.07, 6.45) is 25.5. The topological polar surface area (TPSA) is 63.6 Å². The molecule has 0 amide bonds. The van der Waals surface area contributed by atoms with Crippen molar-refractivity contribution in [1.82, 2.24) is 0 Å². The molecule has 1 atom stereocenters. The van der Waals surface area contributed by atoms with Crippen LogP contribution in [0.25, 0.3) is 0 Å². The van der Waals surface area contributed by atoms with E-state index in [2.05, 4.69) is 55.5 Å². The van der Waals surface area contributed by atoms with Gasteiger partial charge in [-0.25, -0.2) is 0 Å². The molecule has 0 bridgehead atoms. The molecule has 1 N–H and O–H groups in total. The maximum atomic E-state index is 11.6. The summed E-state index contributed by atoms with van der Waals surface area (Å²) in [5.74, 6) is -1.34. The Morgan fingerprint density at radius 3 is 1.63 bits per heavy atom. The number of carbonyl (C=O) groups excluding carboxylic acids is 1. The van der Waals surface area contributed by atoms with Gasteiger partial charge in [0, 0.05) is 0 Å². The number of hydrogen-bond donors (Lipinski definition) is 1. The lowest BCUT2D eigenvalue weighted by Crippen LogP contribution is -2.20. The van der Waals surface area contributed by atoms with E-state index in [1.807, 2.05) is 6.08 Å². The van der Waals surface area contributed by atoms with E-state index in [0.717, 1.165) is 32.1 Å². The Hall–Kier alpha value is -2.36. The first kappa shape index (κ1) is 24.6. The summed E-state index contributed by atoms with van der Waals surface area (Å²) < 4.78 is 5.12. The minimum atomic E-state index is -0.954. The maximum Gasteiger partial charge on any atom is 0.309 e. The SMILES string of the molecule is CC/C=C\C/C=C\C/C=C\C/C=C\C/C=C\CC(=O)OC(CC)CC(=O)O. The van der Waals surface area contributed by atoms with Crippen LogP contribution in [0.1, 0.15) is 65.2 Å². The molecule has 27 heavy (non-hydrogen) atoms. The van der Waals surface area contributed by atoms with Crippen LogP contribution in [-0.2, 0) is 14.3 Å². The van der Waals surface area contributed by atoms with E-state index in [9.17, 15) is 9.59 Å². The zero-order valence-electron chi connectivity index (χ0n) is 16.7. The van der Waals surface area contributed by atoms with E-state index in [4.69, 9.17) is 9.84 Å². The lowest BCUT2D eigenvalue weighted by atomic mass is 10.2. The zero-order valence-corrected chi connectivity index (χ0v) is 16.7. The van der Waals surface area contributed by atoms with Crippen molar-refractivity contribution in [3.05, 3.63) is 60.8 Å². The molecule has 0 aromatic rings. The monoisotopic (exact) mass is 374 g/mol. The maximum absolute atomic E-state index is 11.6. The molecular formula is C23H34O4. The number of hydrogen-bond acceptors (Lipinski definition) is 3. The number of carbonyl (C=O) groups is 2. The summed E-state index contributed by atoms with van der Waals surface area (Å²) in [5, 5.41) is 8.72. The summed E-state index contributed by atoms with van der Waals surface area (Å²) in [6, 6.07) is 0. The Balaban J connectivity index is 3.77. The predicted octanol–water partition coefficient (Wildman–Crippen LogP) is 5.92. The summed E-state index contributed by atoms with van der Waals surface area (Å²) in [4.78, 5) is 22.3. The lowest BCUT2D eigenvalue weighted by Gasteiger charge is -2.12. The molecule has 4 nitrogen and oxygen atoms in total. The van der Waals surface area contributed by atoms with Crippen LogP contribution in [-0.4, -0.2) is 23.1 Å². The first-order chi connectivity index (χ1) is 13.1. The highest BCUT2D eigenvalue weighted by Crippen LogP contribution is 2.06. The number of rotatable bonds is 15. The minimum Gasteiger partial charge on any atom is -0.481 e. The molecule has 0 radical (unpaired) electrons. The van der Waals surface area contributed by atoms with Crippen molar-refractivity contribution in [3.8, 4) is 0 Å². The molecule has 0 aromatic carbocycles. The predicted molar refractivity (Wildman–Crippen MR) is 111 cm³/mol. The average molecular weight is 375 g/mol. The number of allylic oxidation sites excluding steroid dienone is 9. The fourth-order valence-corrected chi connectivity index (χ4v) is 2.13. The normalized spacial score (nSPS) is 13.6. The second-order valence-electron chi connectivity index (χ2n) is 6.03. The molecule has 0 saturated carbocycles. The van der Waals surface area contributed by atoms with Crippen LogP contribution in [0.3, 0.4) is 0 Å². The number of aliphatic carboxylic acids is 1. The average Bonchev–Trinajstić information content (AvgIpc) is 2.64. The van der Waals surface area contributed by atoms with Crippen molar-refractivity contribution in [1.29, 1.82) is 0 Å². The van der Waals surface area contributed by atoms with Crippen molar-refractivity contribution in [2.45, 2.75) is 71.3 Å². The van der Waals surface area contributed by atoms with E-state index in [0.29, 0.717) is 6.42 Å². The van der Waals surface area contributed by atoms with Gasteiger partial charge in [-0.05, 0) is 38.5 Å².